The lowest BCUT2D eigenvalue weighted by Crippen LogP contribution is -2.13. The first-order chi connectivity index (χ1) is 7.60. The van der Waals surface area contributed by atoms with Gasteiger partial charge in [-0.05, 0) is 12.3 Å². The van der Waals surface area contributed by atoms with Gasteiger partial charge in [-0.1, -0.05) is 6.92 Å². The molecule has 1 aromatic heterocycles. The third kappa shape index (κ3) is 2.96. The first-order valence-electron chi connectivity index (χ1n) is 5.33. The van der Waals surface area contributed by atoms with E-state index in [9.17, 15) is 5.11 Å². The third-order valence-corrected chi connectivity index (χ3v) is 2.56. The molecular weight excluding hydrogens is 208 g/mol. The highest BCUT2D eigenvalue weighted by Gasteiger charge is 2.20. The predicted octanol–water partition coefficient (Wildman–Crippen LogP) is 1.13. The summed E-state index contributed by atoms with van der Waals surface area (Å²) in [5, 5.41) is 14.2. The van der Waals surface area contributed by atoms with E-state index in [0.717, 1.165) is 0 Å². The molecule has 0 aliphatic heterocycles. The molecule has 1 rings (SSSR count). The van der Waals surface area contributed by atoms with Gasteiger partial charge in [-0.25, -0.2) is 0 Å². The van der Waals surface area contributed by atoms with Crippen LogP contribution in [-0.2, 0) is 11.8 Å². The average Bonchev–Trinajstić information content (AvgIpc) is 2.59. The van der Waals surface area contributed by atoms with Crippen LogP contribution in [-0.4, -0.2) is 35.7 Å². The largest absolute Gasteiger partial charge is 0.493 e. The lowest BCUT2D eigenvalue weighted by Gasteiger charge is -2.17. The first-order valence-corrected chi connectivity index (χ1v) is 5.33. The van der Waals surface area contributed by atoms with Crippen LogP contribution in [0.15, 0.2) is 6.20 Å². The molecule has 2 unspecified atom stereocenters. The first kappa shape index (κ1) is 13.0. The van der Waals surface area contributed by atoms with Crippen molar-refractivity contribution in [3.63, 3.8) is 0 Å². The minimum Gasteiger partial charge on any atom is -0.493 e. The van der Waals surface area contributed by atoms with Crippen LogP contribution in [0.5, 0.6) is 5.75 Å². The summed E-state index contributed by atoms with van der Waals surface area (Å²) in [5.41, 5.74) is 0.713. The van der Waals surface area contributed by atoms with E-state index in [0.29, 0.717) is 30.4 Å². The molecule has 1 aromatic rings. The van der Waals surface area contributed by atoms with Crippen molar-refractivity contribution in [1.82, 2.24) is 9.78 Å². The summed E-state index contributed by atoms with van der Waals surface area (Å²) >= 11 is 0. The molecule has 16 heavy (non-hydrogen) atoms. The molecule has 0 saturated carbocycles. The quantitative estimate of drug-likeness (QED) is 0.793. The van der Waals surface area contributed by atoms with Gasteiger partial charge in [-0.3, -0.25) is 4.68 Å². The number of aryl methyl sites for hydroxylation is 1. The van der Waals surface area contributed by atoms with Crippen molar-refractivity contribution in [1.29, 1.82) is 0 Å². The van der Waals surface area contributed by atoms with Gasteiger partial charge in [0.1, 0.15) is 5.69 Å². The molecule has 0 saturated heterocycles. The van der Waals surface area contributed by atoms with Crippen LogP contribution in [0.4, 0.5) is 0 Å². The Kier molecular flexibility index (Phi) is 4.76. The molecule has 5 heteroatoms. The standard InChI is InChI=1S/C11H20N2O3/c1-8(7-15-3)5-9(14)11-10(16-4)6-12-13(11)2/h6,8-9,14H,5,7H2,1-4H3. The van der Waals surface area contributed by atoms with E-state index in [1.807, 2.05) is 6.92 Å². The van der Waals surface area contributed by atoms with E-state index in [1.54, 1.807) is 32.1 Å². The molecule has 0 aliphatic rings. The molecule has 1 heterocycles. The Labute approximate surface area is 96.0 Å². The summed E-state index contributed by atoms with van der Waals surface area (Å²) in [6.45, 7) is 2.67. The molecule has 0 aliphatic carbocycles. The third-order valence-electron chi connectivity index (χ3n) is 2.56. The van der Waals surface area contributed by atoms with Gasteiger partial charge in [0, 0.05) is 20.8 Å². The number of rotatable bonds is 6. The summed E-state index contributed by atoms with van der Waals surface area (Å²) < 4.78 is 11.8. The number of aromatic nitrogens is 2. The molecule has 5 nitrogen and oxygen atoms in total. The van der Waals surface area contributed by atoms with Crippen molar-refractivity contribution in [2.45, 2.75) is 19.4 Å². The second-order valence-corrected chi connectivity index (χ2v) is 4.03. The fourth-order valence-corrected chi connectivity index (χ4v) is 1.81. The van der Waals surface area contributed by atoms with Gasteiger partial charge in [0.2, 0.25) is 0 Å². The SMILES string of the molecule is COCC(C)CC(O)c1c(OC)cnn1C. The van der Waals surface area contributed by atoms with Gasteiger partial charge < -0.3 is 14.6 Å². The number of hydrogen-bond donors (Lipinski definition) is 1. The summed E-state index contributed by atoms with van der Waals surface area (Å²) in [5.74, 6) is 0.916. The molecule has 0 radical (unpaired) electrons. The van der Waals surface area contributed by atoms with Gasteiger partial charge in [-0.15, -0.1) is 0 Å². The van der Waals surface area contributed by atoms with Crippen LogP contribution >= 0.6 is 0 Å². The molecule has 0 bridgehead atoms. The van der Waals surface area contributed by atoms with Crippen molar-refractivity contribution in [2.24, 2.45) is 13.0 Å². The summed E-state index contributed by atoms with van der Waals surface area (Å²) in [6.07, 6.45) is 1.66. The number of nitrogens with zero attached hydrogens (tertiary/aromatic N) is 2. The molecule has 0 aromatic carbocycles. The fraction of sp³-hybridized carbons (Fsp3) is 0.727. The number of aliphatic hydroxyl groups is 1. The fourth-order valence-electron chi connectivity index (χ4n) is 1.81. The zero-order valence-corrected chi connectivity index (χ0v) is 10.3. The van der Waals surface area contributed by atoms with Gasteiger partial charge in [-0.2, -0.15) is 5.10 Å². The van der Waals surface area contributed by atoms with E-state index in [-0.39, 0.29) is 0 Å². The normalized spacial score (nSPS) is 14.8. The minimum atomic E-state index is -0.576. The van der Waals surface area contributed by atoms with Gasteiger partial charge >= 0.3 is 0 Å². The number of ether oxygens (including phenoxy) is 2. The van der Waals surface area contributed by atoms with Crippen LogP contribution < -0.4 is 4.74 Å². The average molecular weight is 228 g/mol. The lowest BCUT2D eigenvalue weighted by atomic mass is 10.0. The second kappa shape index (κ2) is 5.86. The molecular formula is C11H20N2O3. The van der Waals surface area contributed by atoms with Crippen LogP contribution in [0.25, 0.3) is 0 Å². The summed E-state index contributed by atoms with van der Waals surface area (Å²) in [7, 11) is 5.03. The van der Waals surface area contributed by atoms with Crippen molar-refractivity contribution >= 4 is 0 Å². The van der Waals surface area contributed by atoms with Crippen LogP contribution in [0.2, 0.25) is 0 Å². The topological polar surface area (TPSA) is 56.5 Å². The number of methoxy groups -OCH3 is 2. The summed E-state index contributed by atoms with van der Waals surface area (Å²) in [4.78, 5) is 0. The number of aliphatic hydroxyl groups excluding tert-OH is 1. The van der Waals surface area contributed by atoms with Crippen LogP contribution in [0.3, 0.4) is 0 Å². The predicted molar refractivity (Wildman–Crippen MR) is 60.4 cm³/mol. The maximum absolute atomic E-state index is 10.1. The Morgan fingerprint density at radius 1 is 1.50 bits per heavy atom. The van der Waals surface area contributed by atoms with E-state index < -0.39 is 6.10 Å². The Morgan fingerprint density at radius 3 is 2.75 bits per heavy atom. The van der Waals surface area contributed by atoms with E-state index >= 15 is 0 Å². The Bertz CT molecular complexity index is 325. The monoisotopic (exact) mass is 228 g/mol. The molecule has 0 amide bonds. The lowest BCUT2D eigenvalue weighted by molar-refractivity contribution is 0.0955. The Morgan fingerprint density at radius 2 is 2.19 bits per heavy atom. The van der Waals surface area contributed by atoms with Crippen LogP contribution in [0.1, 0.15) is 25.1 Å². The van der Waals surface area contributed by atoms with Gasteiger partial charge in [0.15, 0.2) is 5.75 Å². The zero-order valence-electron chi connectivity index (χ0n) is 10.3. The highest BCUT2D eigenvalue weighted by atomic mass is 16.5. The second-order valence-electron chi connectivity index (χ2n) is 4.03. The highest BCUT2D eigenvalue weighted by Crippen LogP contribution is 2.28. The minimum absolute atomic E-state index is 0.291. The molecule has 2 atom stereocenters. The van der Waals surface area contributed by atoms with Crippen molar-refractivity contribution < 1.29 is 14.6 Å². The molecule has 1 N–H and O–H groups in total. The maximum atomic E-state index is 10.1. The van der Waals surface area contributed by atoms with E-state index in [4.69, 9.17) is 9.47 Å². The molecule has 0 fully saturated rings. The molecule has 0 spiro atoms. The highest BCUT2D eigenvalue weighted by molar-refractivity contribution is 5.26. The van der Waals surface area contributed by atoms with Crippen molar-refractivity contribution in [3.8, 4) is 5.75 Å². The van der Waals surface area contributed by atoms with Crippen LogP contribution in [0, 0.1) is 5.92 Å². The van der Waals surface area contributed by atoms with E-state index in [1.165, 1.54) is 0 Å². The number of hydrogen-bond acceptors (Lipinski definition) is 4. The summed E-state index contributed by atoms with van der Waals surface area (Å²) in [6, 6.07) is 0. The van der Waals surface area contributed by atoms with Crippen molar-refractivity contribution in [2.75, 3.05) is 20.8 Å². The van der Waals surface area contributed by atoms with Gasteiger partial charge in [0.05, 0.1) is 19.4 Å². The van der Waals surface area contributed by atoms with E-state index in [2.05, 4.69) is 5.10 Å². The Hall–Kier alpha value is -1.07. The smallest absolute Gasteiger partial charge is 0.162 e. The zero-order chi connectivity index (χ0) is 12.1. The van der Waals surface area contributed by atoms with Gasteiger partial charge in [0.25, 0.3) is 0 Å². The molecule has 92 valence electrons. The van der Waals surface area contributed by atoms with Crippen molar-refractivity contribution in [3.05, 3.63) is 11.9 Å². The Balaban J connectivity index is 2.71. The maximum Gasteiger partial charge on any atom is 0.162 e.